The maximum Gasteiger partial charge on any atom is 0.266 e. The molecule has 2 amide bonds. The molecule has 5 N–H and O–H groups in total. The second-order valence-electron chi connectivity index (χ2n) is 6.24. The molecule has 136 valence electrons. The zero-order valence-corrected chi connectivity index (χ0v) is 14.4. The lowest BCUT2D eigenvalue weighted by molar-refractivity contribution is -0.135. The van der Waals surface area contributed by atoms with Gasteiger partial charge in [0.15, 0.2) is 0 Å². The molecule has 1 saturated heterocycles. The lowest BCUT2D eigenvalue weighted by Crippen LogP contribution is -2.66. The molecule has 1 aliphatic rings. The van der Waals surface area contributed by atoms with Crippen LogP contribution in [0.2, 0.25) is 0 Å². The Bertz CT molecular complexity index is 777. The van der Waals surface area contributed by atoms with Crippen LogP contribution in [-0.2, 0) is 4.79 Å². The van der Waals surface area contributed by atoms with Gasteiger partial charge in [0.05, 0.1) is 6.61 Å². The van der Waals surface area contributed by atoms with Gasteiger partial charge >= 0.3 is 0 Å². The molecule has 7 nitrogen and oxygen atoms in total. The molecule has 0 unspecified atom stereocenters. The van der Waals surface area contributed by atoms with Gasteiger partial charge in [0.2, 0.25) is 0 Å². The summed E-state index contributed by atoms with van der Waals surface area (Å²) in [7, 11) is 0. The molecular weight excluding hydrogens is 334 g/mol. The minimum Gasteiger partial charge on any atom is -0.395 e. The Morgan fingerprint density at radius 1 is 1.27 bits per heavy atom. The van der Waals surface area contributed by atoms with Crippen LogP contribution in [0.5, 0.6) is 0 Å². The predicted octanol–water partition coefficient (Wildman–Crippen LogP) is -0.363. The van der Waals surface area contributed by atoms with Gasteiger partial charge in [-0.2, -0.15) is 0 Å². The van der Waals surface area contributed by atoms with Crippen molar-refractivity contribution >= 4 is 11.8 Å². The lowest BCUT2D eigenvalue weighted by atomic mass is 9.76. The van der Waals surface area contributed by atoms with Gasteiger partial charge in [-0.25, -0.2) is 5.48 Å². The highest BCUT2D eigenvalue weighted by molar-refractivity contribution is 5.97. The number of carbonyl (C=O) groups is 2. The third-order valence-corrected chi connectivity index (χ3v) is 4.14. The van der Waals surface area contributed by atoms with E-state index in [0.29, 0.717) is 30.6 Å². The number of aliphatic hydroxyl groups excluding tert-OH is 1. The second-order valence-corrected chi connectivity index (χ2v) is 6.24. The number of benzene rings is 1. The van der Waals surface area contributed by atoms with Gasteiger partial charge in [0, 0.05) is 36.1 Å². The van der Waals surface area contributed by atoms with Gasteiger partial charge in [-0.3, -0.25) is 14.8 Å². The Hall–Kier alpha value is -2.84. The molecule has 0 aliphatic carbocycles. The molecule has 0 aromatic heterocycles. The fourth-order valence-corrected chi connectivity index (χ4v) is 2.53. The van der Waals surface area contributed by atoms with Crippen molar-refractivity contribution in [2.24, 2.45) is 5.41 Å². The third kappa shape index (κ3) is 4.84. The van der Waals surface area contributed by atoms with Crippen molar-refractivity contribution in [3.63, 3.8) is 0 Å². The van der Waals surface area contributed by atoms with Crippen LogP contribution in [0.25, 0.3) is 0 Å². The summed E-state index contributed by atoms with van der Waals surface area (Å²) in [6, 6.07) is 5.74. The fraction of sp³-hybridized carbons (Fsp3) is 0.368. The third-order valence-electron chi connectivity index (χ3n) is 4.14. The van der Waals surface area contributed by atoms with Crippen LogP contribution in [0.15, 0.2) is 24.3 Å². The Kier molecular flexibility index (Phi) is 6.76. The Morgan fingerprint density at radius 2 is 1.96 bits per heavy atom. The summed E-state index contributed by atoms with van der Waals surface area (Å²) in [6.45, 7) is 3.00. The van der Waals surface area contributed by atoms with E-state index in [1.165, 1.54) is 0 Å². The van der Waals surface area contributed by atoms with E-state index in [-0.39, 0.29) is 6.61 Å². The van der Waals surface area contributed by atoms with Gasteiger partial charge in [-0.15, -0.1) is 0 Å². The van der Waals surface area contributed by atoms with Crippen molar-refractivity contribution in [3.8, 4) is 23.7 Å². The number of hydrogen-bond donors (Lipinski definition) is 5. The molecule has 0 saturated carbocycles. The largest absolute Gasteiger partial charge is 0.395 e. The van der Waals surface area contributed by atoms with E-state index in [9.17, 15) is 9.59 Å². The molecule has 0 radical (unpaired) electrons. The lowest BCUT2D eigenvalue weighted by Gasteiger charge is -2.44. The summed E-state index contributed by atoms with van der Waals surface area (Å²) < 4.78 is 0. The average molecular weight is 355 g/mol. The first-order valence-electron chi connectivity index (χ1n) is 8.15. The van der Waals surface area contributed by atoms with E-state index >= 15 is 0 Å². The zero-order valence-electron chi connectivity index (χ0n) is 14.4. The van der Waals surface area contributed by atoms with Crippen LogP contribution in [0, 0.1) is 29.1 Å². The first-order chi connectivity index (χ1) is 12.5. The molecule has 1 aromatic rings. The number of hydroxylamine groups is 1. The first-order valence-corrected chi connectivity index (χ1v) is 8.15. The molecule has 7 heteroatoms. The monoisotopic (exact) mass is 355 g/mol. The number of amides is 2. The maximum absolute atomic E-state index is 12.4. The fourth-order valence-electron chi connectivity index (χ4n) is 2.53. The average Bonchev–Trinajstić information content (AvgIpc) is 2.63. The van der Waals surface area contributed by atoms with Crippen molar-refractivity contribution in [2.45, 2.75) is 19.4 Å². The van der Waals surface area contributed by atoms with Crippen LogP contribution in [-0.4, -0.2) is 47.9 Å². The molecule has 26 heavy (non-hydrogen) atoms. The molecule has 0 bridgehead atoms. The number of aliphatic hydroxyl groups is 1. The van der Waals surface area contributed by atoms with E-state index in [2.05, 4.69) is 34.3 Å². The van der Waals surface area contributed by atoms with Gasteiger partial charge < -0.3 is 15.7 Å². The van der Waals surface area contributed by atoms with E-state index in [0.717, 1.165) is 0 Å². The predicted molar refractivity (Wildman–Crippen MR) is 95.0 cm³/mol. The minimum absolute atomic E-state index is 0.00287. The zero-order chi connectivity index (χ0) is 19.0. The summed E-state index contributed by atoms with van der Waals surface area (Å²) in [4.78, 5) is 24.3. The first kappa shape index (κ1) is 19.5. The Balaban J connectivity index is 2.05. The van der Waals surface area contributed by atoms with Gasteiger partial charge in [-0.1, -0.05) is 18.8 Å². The maximum atomic E-state index is 12.4. The van der Waals surface area contributed by atoms with Crippen molar-refractivity contribution in [3.05, 3.63) is 35.4 Å². The van der Waals surface area contributed by atoms with E-state index in [1.807, 2.05) is 6.92 Å². The highest BCUT2D eigenvalue weighted by Gasteiger charge is 2.44. The summed E-state index contributed by atoms with van der Waals surface area (Å²) in [5.41, 5.74) is 2.23. The van der Waals surface area contributed by atoms with Crippen molar-refractivity contribution < 1.29 is 19.9 Å². The number of rotatable bonds is 5. The molecule has 0 spiro atoms. The number of carbonyl (C=O) groups excluding carboxylic acids is 2. The van der Waals surface area contributed by atoms with Crippen LogP contribution in [0.4, 0.5) is 0 Å². The van der Waals surface area contributed by atoms with Crippen molar-refractivity contribution in [2.75, 3.05) is 19.7 Å². The number of nitrogens with one attached hydrogen (secondary N) is 3. The topological polar surface area (TPSA) is 111 Å². The van der Waals surface area contributed by atoms with Gasteiger partial charge in [-0.05, 0) is 36.1 Å². The summed E-state index contributed by atoms with van der Waals surface area (Å²) in [5.74, 6) is 9.77. The molecule has 1 aliphatic heterocycles. The molecule has 1 fully saturated rings. The second kappa shape index (κ2) is 9.02. The minimum atomic E-state index is -0.845. The van der Waals surface area contributed by atoms with Crippen LogP contribution < -0.4 is 16.1 Å². The van der Waals surface area contributed by atoms with Gasteiger partial charge in [0.1, 0.15) is 6.04 Å². The standard InChI is InChI=1S/C19H21N3O4/c1-19(12-20-13-19)16(18(25)22-26)21-17(24)15-9-7-14(8-10-15)6-4-2-3-5-11-23/h7-10,16,20,23,26H,5,11-13H2,1H3,(H,21,24)(H,22,25)/t16-/m1/s1. The highest BCUT2D eigenvalue weighted by Crippen LogP contribution is 2.26. The molecular formula is C19H21N3O4. The Labute approximate surface area is 152 Å². The van der Waals surface area contributed by atoms with Crippen LogP contribution in [0.1, 0.15) is 29.3 Å². The molecule has 1 heterocycles. The van der Waals surface area contributed by atoms with Crippen molar-refractivity contribution in [1.29, 1.82) is 0 Å². The smallest absolute Gasteiger partial charge is 0.266 e. The number of hydrogen-bond acceptors (Lipinski definition) is 5. The van der Waals surface area contributed by atoms with Gasteiger partial charge in [0.25, 0.3) is 11.8 Å². The summed E-state index contributed by atoms with van der Waals surface area (Å²) in [5, 5.41) is 23.3. The van der Waals surface area contributed by atoms with Crippen LogP contribution in [0.3, 0.4) is 0 Å². The highest BCUT2D eigenvalue weighted by atomic mass is 16.5. The van der Waals surface area contributed by atoms with E-state index < -0.39 is 23.3 Å². The molecule has 1 atom stereocenters. The van der Waals surface area contributed by atoms with Crippen LogP contribution >= 0.6 is 0 Å². The SMILES string of the molecule is CC1([C@H](NC(=O)c2ccc(C#CC#CCCO)cc2)C(=O)NO)CNC1. The van der Waals surface area contributed by atoms with Crippen molar-refractivity contribution in [1.82, 2.24) is 16.1 Å². The molecule has 2 rings (SSSR count). The van der Waals surface area contributed by atoms with E-state index in [4.69, 9.17) is 10.3 Å². The molecule has 1 aromatic carbocycles. The van der Waals surface area contributed by atoms with E-state index in [1.54, 1.807) is 29.7 Å². The summed E-state index contributed by atoms with van der Waals surface area (Å²) >= 11 is 0. The summed E-state index contributed by atoms with van der Waals surface area (Å²) in [6.07, 6.45) is 0.380. The quantitative estimate of drug-likeness (QED) is 0.281. The Morgan fingerprint density at radius 3 is 2.50 bits per heavy atom. The normalized spacial score (nSPS) is 15.2.